The summed E-state index contributed by atoms with van der Waals surface area (Å²) < 4.78 is 32.8. The standard InChI is InChI=1S/C15H33O6P/c1-4-16-10-7-13-19-22(20-14-8-11-17-5-2)21-15-9-12-18-6-3/h4-15H2,1-3H3. The molecule has 22 heavy (non-hydrogen) atoms. The van der Waals surface area contributed by atoms with Crippen molar-refractivity contribution in [2.75, 3.05) is 59.5 Å². The van der Waals surface area contributed by atoms with Crippen LogP contribution in [-0.2, 0) is 27.8 Å². The molecule has 0 atom stereocenters. The summed E-state index contributed by atoms with van der Waals surface area (Å²) in [5, 5.41) is 0. The van der Waals surface area contributed by atoms with Gasteiger partial charge in [-0.3, -0.25) is 0 Å². The molecule has 0 rings (SSSR count). The van der Waals surface area contributed by atoms with E-state index >= 15 is 0 Å². The highest BCUT2D eigenvalue weighted by Crippen LogP contribution is 2.39. The van der Waals surface area contributed by atoms with Gasteiger partial charge < -0.3 is 27.8 Å². The molecule has 0 saturated carbocycles. The molecular weight excluding hydrogens is 307 g/mol. The van der Waals surface area contributed by atoms with Gasteiger partial charge in [0.2, 0.25) is 0 Å². The quantitative estimate of drug-likeness (QED) is 0.281. The van der Waals surface area contributed by atoms with E-state index in [9.17, 15) is 0 Å². The van der Waals surface area contributed by atoms with Gasteiger partial charge in [0.05, 0.1) is 19.8 Å². The van der Waals surface area contributed by atoms with Crippen molar-refractivity contribution >= 4 is 8.60 Å². The number of ether oxygens (including phenoxy) is 3. The molecule has 0 fully saturated rings. The van der Waals surface area contributed by atoms with E-state index in [1.165, 1.54) is 0 Å². The predicted molar refractivity (Wildman–Crippen MR) is 88.1 cm³/mol. The summed E-state index contributed by atoms with van der Waals surface area (Å²) in [6.45, 7) is 12.0. The zero-order chi connectivity index (χ0) is 16.3. The van der Waals surface area contributed by atoms with Crippen molar-refractivity contribution in [2.24, 2.45) is 0 Å². The molecule has 0 aromatic carbocycles. The minimum atomic E-state index is -1.29. The molecule has 0 bridgehead atoms. The van der Waals surface area contributed by atoms with Crippen LogP contribution >= 0.6 is 8.60 Å². The molecular formula is C15H33O6P. The van der Waals surface area contributed by atoms with Crippen LogP contribution in [0.4, 0.5) is 0 Å². The fourth-order valence-corrected chi connectivity index (χ4v) is 2.50. The first kappa shape index (κ1) is 22.2. The second kappa shape index (κ2) is 19.2. The Morgan fingerprint density at radius 2 is 0.818 bits per heavy atom. The molecule has 6 nitrogen and oxygen atoms in total. The molecule has 0 aliphatic rings. The van der Waals surface area contributed by atoms with Crippen LogP contribution in [0.3, 0.4) is 0 Å². The Kier molecular flexibility index (Phi) is 19.4. The average Bonchev–Trinajstić information content (AvgIpc) is 2.53. The van der Waals surface area contributed by atoms with Crippen molar-refractivity contribution in [2.45, 2.75) is 40.0 Å². The normalized spacial score (nSPS) is 11.5. The number of rotatable bonds is 18. The number of hydrogen-bond donors (Lipinski definition) is 0. The van der Waals surface area contributed by atoms with Gasteiger partial charge in [-0.05, 0) is 40.0 Å². The van der Waals surface area contributed by atoms with Crippen molar-refractivity contribution in [3.05, 3.63) is 0 Å². The Labute approximate surface area is 136 Å². The third-order valence-electron chi connectivity index (χ3n) is 2.50. The van der Waals surface area contributed by atoms with Crippen LogP contribution in [0.1, 0.15) is 40.0 Å². The molecule has 0 aromatic heterocycles. The summed E-state index contributed by atoms with van der Waals surface area (Å²) in [6, 6.07) is 0. The average molecular weight is 340 g/mol. The van der Waals surface area contributed by atoms with Crippen LogP contribution in [0, 0.1) is 0 Å². The first-order valence-corrected chi connectivity index (χ1v) is 9.36. The summed E-state index contributed by atoms with van der Waals surface area (Å²) in [5.74, 6) is 0. The maximum absolute atomic E-state index is 5.66. The van der Waals surface area contributed by atoms with Crippen molar-refractivity contribution in [1.82, 2.24) is 0 Å². The first-order valence-electron chi connectivity index (χ1n) is 8.27. The van der Waals surface area contributed by atoms with Gasteiger partial charge >= 0.3 is 8.60 Å². The molecule has 0 amide bonds. The number of hydrogen-bond acceptors (Lipinski definition) is 6. The molecule has 0 N–H and O–H groups in total. The summed E-state index contributed by atoms with van der Waals surface area (Å²) in [4.78, 5) is 0. The largest absolute Gasteiger partial charge is 0.382 e. The van der Waals surface area contributed by atoms with Crippen molar-refractivity contribution < 1.29 is 27.8 Å². The molecule has 0 heterocycles. The van der Waals surface area contributed by atoms with Gasteiger partial charge in [0, 0.05) is 39.6 Å². The summed E-state index contributed by atoms with van der Waals surface area (Å²) >= 11 is 0. The monoisotopic (exact) mass is 340 g/mol. The molecule has 0 unspecified atom stereocenters. The van der Waals surface area contributed by atoms with Gasteiger partial charge in [0.15, 0.2) is 0 Å². The lowest BCUT2D eigenvalue weighted by Gasteiger charge is -2.17. The van der Waals surface area contributed by atoms with Gasteiger partial charge in [0.25, 0.3) is 0 Å². The van der Waals surface area contributed by atoms with Crippen molar-refractivity contribution in [3.8, 4) is 0 Å². The van der Waals surface area contributed by atoms with Crippen LogP contribution < -0.4 is 0 Å². The Balaban J connectivity index is 3.72. The third kappa shape index (κ3) is 16.6. The Morgan fingerprint density at radius 1 is 0.500 bits per heavy atom. The highest BCUT2D eigenvalue weighted by molar-refractivity contribution is 7.41. The Morgan fingerprint density at radius 3 is 1.09 bits per heavy atom. The topological polar surface area (TPSA) is 55.4 Å². The van der Waals surface area contributed by atoms with Crippen molar-refractivity contribution in [1.29, 1.82) is 0 Å². The first-order chi connectivity index (χ1) is 10.8. The van der Waals surface area contributed by atoms with Gasteiger partial charge in [-0.2, -0.15) is 0 Å². The minimum Gasteiger partial charge on any atom is -0.382 e. The summed E-state index contributed by atoms with van der Waals surface area (Å²) in [6.07, 6.45) is 2.53. The zero-order valence-corrected chi connectivity index (χ0v) is 15.3. The smallest absolute Gasteiger partial charge is 0.332 e. The SMILES string of the molecule is CCOCCCOP(OCCCOCC)OCCCOCC. The van der Waals surface area contributed by atoms with E-state index in [-0.39, 0.29) is 0 Å². The van der Waals surface area contributed by atoms with Crippen LogP contribution in [-0.4, -0.2) is 59.5 Å². The van der Waals surface area contributed by atoms with E-state index in [2.05, 4.69) is 0 Å². The highest BCUT2D eigenvalue weighted by Gasteiger charge is 2.12. The van der Waals surface area contributed by atoms with E-state index in [1.807, 2.05) is 20.8 Å². The summed E-state index contributed by atoms with van der Waals surface area (Å²) in [7, 11) is -1.29. The fourth-order valence-electron chi connectivity index (χ4n) is 1.45. The van der Waals surface area contributed by atoms with Crippen LogP contribution in [0.15, 0.2) is 0 Å². The second-order valence-electron chi connectivity index (χ2n) is 4.37. The van der Waals surface area contributed by atoms with Crippen LogP contribution in [0.2, 0.25) is 0 Å². The van der Waals surface area contributed by atoms with Gasteiger partial charge in [-0.15, -0.1) is 0 Å². The molecule has 0 aliphatic carbocycles. The lowest BCUT2D eigenvalue weighted by Crippen LogP contribution is -2.05. The summed E-state index contributed by atoms with van der Waals surface area (Å²) in [5.41, 5.74) is 0. The molecule has 134 valence electrons. The molecule has 0 aliphatic heterocycles. The molecule has 7 heteroatoms. The van der Waals surface area contributed by atoms with E-state index in [0.717, 1.165) is 39.1 Å². The van der Waals surface area contributed by atoms with E-state index in [1.54, 1.807) is 0 Å². The van der Waals surface area contributed by atoms with Crippen molar-refractivity contribution in [3.63, 3.8) is 0 Å². The van der Waals surface area contributed by atoms with Gasteiger partial charge in [-0.1, -0.05) is 0 Å². The lowest BCUT2D eigenvalue weighted by atomic mass is 10.5. The lowest BCUT2D eigenvalue weighted by molar-refractivity contribution is 0.0965. The van der Waals surface area contributed by atoms with Gasteiger partial charge in [-0.25, -0.2) is 0 Å². The second-order valence-corrected chi connectivity index (χ2v) is 5.60. The zero-order valence-electron chi connectivity index (χ0n) is 14.4. The van der Waals surface area contributed by atoms with Crippen LogP contribution in [0.25, 0.3) is 0 Å². The highest BCUT2D eigenvalue weighted by atomic mass is 31.2. The van der Waals surface area contributed by atoms with E-state index < -0.39 is 8.60 Å². The third-order valence-corrected chi connectivity index (χ3v) is 3.68. The minimum absolute atomic E-state index is 0.586. The van der Waals surface area contributed by atoms with E-state index in [4.69, 9.17) is 27.8 Å². The molecule has 0 spiro atoms. The maximum Gasteiger partial charge on any atom is 0.332 e. The Bertz CT molecular complexity index is 175. The molecule has 0 saturated heterocycles. The fraction of sp³-hybridized carbons (Fsp3) is 1.00. The van der Waals surface area contributed by atoms with E-state index in [0.29, 0.717) is 39.6 Å². The van der Waals surface area contributed by atoms with Gasteiger partial charge in [0.1, 0.15) is 0 Å². The molecule has 0 radical (unpaired) electrons. The van der Waals surface area contributed by atoms with Crippen LogP contribution in [0.5, 0.6) is 0 Å². The maximum atomic E-state index is 5.66. The Hall–Kier alpha value is 0.190. The predicted octanol–water partition coefficient (Wildman–Crippen LogP) is 3.54. The molecule has 0 aromatic rings.